The maximum absolute atomic E-state index is 12.6. The van der Waals surface area contributed by atoms with Crippen LogP contribution in [0.3, 0.4) is 0 Å². The zero-order valence-electron chi connectivity index (χ0n) is 16.5. The van der Waals surface area contributed by atoms with E-state index in [9.17, 15) is 13.2 Å². The molecule has 27 heavy (non-hydrogen) atoms. The van der Waals surface area contributed by atoms with E-state index in [0.29, 0.717) is 18.7 Å². The van der Waals surface area contributed by atoms with Crippen LogP contribution in [0.5, 0.6) is 0 Å². The van der Waals surface area contributed by atoms with E-state index < -0.39 is 10.0 Å². The molecular weight excluding hydrogens is 360 g/mol. The molecule has 1 aromatic rings. The summed E-state index contributed by atoms with van der Waals surface area (Å²) in [6.45, 7) is 4.52. The minimum atomic E-state index is -3.48. The second-order valence-corrected chi connectivity index (χ2v) is 9.84. The van der Waals surface area contributed by atoms with Gasteiger partial charge in [0.25, 0.3) is 5.91 Å². The standard InChI is InChI=1S/C21H32N2O3S/c1-3-23(4-2)27(25,26)20-13-10-17(11-14-20)21(24)22-19-12-9-16-7-5-6-8-18(16)15-19/h10-11,13-14,16,18-19H,3-9,12,15H2,1-2H3,(H,22,24)/t16-,18+,19+/m0/s1. The summed E-state index contributed by atoms with van der Waals surface area (Å²) in [5.41, 5.74) is 0.527. The number of carbonyl (C=O) groups excluding carboxylic acids is 1. The van der Waals surface area contributed by atoms with Gasteiger partial charge in [-0.1, -0.05) is 39.5 Å². The number of sulfonamides is 1. The van der Waals surface area contributed by atoms with Crippen molar-refractivity contribution in [2.45, 2.75) is 69.7 Å². The van der Waals surface area contributed by atoms with Gasteiger partial charge in [0.05, 0.1) is 4.90 Å². The van der Waals surface area contributed by atoms with Crippen molar-refractivity contribution >= 4 is 15.9 Å². The number of fused-ring (bicyclic) bond motifs is 1. The molecule has 2 fully saturated rings. The second kappa shape index (κ2) is 8.74. The van der Waals surface area contributed by atoms with Crippen molar-refractivity contribution in [3.63, 3.8) is 0 Å². The number of nitrogens with one attached hydrogen (secondary N) is 1. The van der Waals surface area contributed by atoms with Crippen LogP contribution in [-0.4, -0.2) is 37.8 Å². The zero-order chi connectivity index (χ0) is 19.4. The van der Waals surface area contributed by atoms with Crippen LogP contribution in [0.25, 0.3) is 0 Å². The van der Waals surface area contributed by atoms with Crippen LogP contribution < -0.4 is 5.32 Å². The van der Waals surface area contributed by atoms with E-state index >= 15 is 0 Å². The van der Waals surface area contributed by atoms with Gasteiger partial charge in [-0.25, -0.2) is 8.42 Å². The predicted octanol–water partition coefficient (Wildman–Crippen LogP) is 3.81. The van der Waals surface area contributed by atoms with Gasteiger partial charge in [-0.15, -0.1) is 0 Å². The molecule has 0 aromatic heterocycles. The van der Waals surface area contributed by atoms with E-state index in [4.69, 9.17) is 0 Å². The third-order valence-electron chi connectivity index (χ3n) is 6.33. The highest BCUT2D eigenvalue weighted by molar-refractivity contribution is 7.89. The Balaban J connectivity index is 1.62. The van der Waals surface area contributed by atoms with Gasteiger partial charge in [0.2, 0.25) is 10.0 Å². The molecule has 0 heterocycles. The molecule has 1 aromatic carbocycles. The molecule has 0 aliphatic heterocycles. The molecule has 3 atom stereocenters. The van der Waals surface area contributed by atoms with Gasteiger partial charge >= 0.3 is 0 Å². The van der Waals surface area contributed by atoms with E-state index in [2.05, 4.69) is 5.32 Å². The average Bonchev–Trinajstić information content (AvgIpc) is 2.68. The van der Waals surface area contributed by atoms with Crippen molar-refractivity contribution in [2.24, 2.45) is 11.8 Å². The molecule has 5 nitrogen and oxygen atoms in total. The van der Waals surface area contributed by atoms with Gasteiger partial charge in [-0.05, 0) is 55.4 Å². The minimum Gasteiger partial charge on any atom is -0.349 e. The van der Waals surface area contributed by atoms with Gasteiger partial charge in [-0.2, -0.15) is 4.31 Å². The molecule has 0 radical (unpaired) electrons. The number of amides is 1. The van der Waals surface area contributed by atoms with Crippen molar-refractivity contribution in [3.8, 4) is 0 Å². The van der Waals surface area contributed by atoms with Crippen molar-refractivity contribution in [2.75, 3.05) is 13.1 Å². The SMILES string of the molecule is CCN(CC)S(=O)(=O)c1ccc(C(=O)N[C@@H]2CC[C@@H]3CCCC[C@@H]3C2)cc1. The number of carbonyl (C=O) groups is 1. The Kier molecular flexibility index (Phi) is 6.58. The zero-order valence-corrected chi connectivity index (χ0v) is 17.3. The maximum Gasteiger partial charge on any atom is 0.251 e. The van der Waals surface area contributed by atoms with Crippen LogP contribution in [0.4, 0.5) is 0 Å². The Hall–Kier alpha value is -1.40. The summed E-state index contributed by atoms with van der Waals surface area (Å²) in [7, 11) is -3.48. The summed E-state index contributed by atoms with van der Waals surface area (Å²) < 4.78 is 26.5. The van der Waals surface area contributed by atoms with Crippen LogP contribution in [-0.2, 0) is 10.0 Å². The monoisotopic (exact) mass is 392 g/mol. The molecule has 0 unspecified atom stereocenters. The summed E-state index contributed by atoms with van der Waals surface area (Å²) in [6, 6.07) is 6.58. The van der Waals surface area contributed by atoms with Gasteiger partial charge in [0, 0.05) is 24.7 Å². The normalized spacial score (nSPS) is 25.8. The summed E-state index contributed by atoms with van der Waals surface area (Å²) >= 11 is 0. The minimum absolute atomic E-state index is 0.0963. The molecule has 0 saturated heterocycles. The van der Waals surface area contributed by atoms with Gasteiger partial charge in [-0.3, -0.25) is 4.79 Å². The maximum atomic E-state index is 12.6. The second-order valence-electron chi connectivity index (χ2n) is 7.90. The van der Waals surface area contributed by atoms with Crippen LogP contribution in [0.15, 0.2) is 29.2 Å². The average molecular weight is 393 g/mol. The highest BCUT2D eigenvalue weighted by atomic mass is 32.2. The Morgan fingerprint density at radius 1 is 1.00 bits per heavy atom. The number of benzene rings is 1. The molecule has 2 aliphatic carbocycles. The first-order valence-corrected chi connectivity index (χ1v) is 11.8. The largest absolute Gasteiger partial charge is 0.349 e. The van der Waals surface area contributed by atoms with Crippen LogP contribution in [0, 0.1) is 11.8 Å². The number of rotatable bonds is 6. The van der Waals surface area contributed by atoms with Crippen LogP contribution in [0.1, 0.15) is 69.2 Å². The third-order valence-corrected chi connectivity index (χ3v) is 8.40. The number of hydrogen-bond donors (Lipinski definition) is 1. The summed E-state index contributed by atoms with van der Waals surface area (Å²) in [6.07, 6.45) is 8.71. The molecule has 2 saturated carbocycles. The third kappa shape index (κ3) is 4.54. The number of hydrogen-bond acceptors (Lipinski definition) is 3. The first kappa shape index (κ1) is 20.3. The van der Waals surface area contributed by atoms with Gasteiger partial charge in [0.15, 0.2) is 0 Å². The Morgan fingerprint density at radius 2 is 1.63 bits per heavy atom. The summed E-state index contributed by atoms with van der Waals surface area (Å²) in [4.78, 5) is 12.9. The Bertz CT molecular complexity index is 741. The lowest BCUT2D eigenvalue weighted by molar-refractivity contribution is 0.0879. The van der Waals surface area contributed by atoms with Crippen LogP contribution >= 0.6 is 0 Å². The molecule has 3 rings (SSSR count). The molecule has 150 valence electrons. The predicted molar refractivity (Wildman–Crippen MR) is 107 cm³/mol. The van der Waals surface area contributed by atoms with Crippen molar-refractivity contribution < 1.29 is 13.2 Å². The topological polar surface area (TPSA) is 66.5 Å². The summed E-state index contributed by atoms with van der Waals surface area (Å²) in [5.74, 6) is 1.52. The van der Waals surface area contributed by atoms with Crippen molar-refractivity contribution in [1.82, 2.24) is 9.62 Å². The van der Waals surface area contributed by atoms with E-state index in [1.54, 1.807) is 24.3 Å². The quantitative estimate of drug-likeness (QED) is 0.801. The molecule has 6 heteroatoms. The summed E-state index contributed by atoms with van der Waals surface area (Å²) in [5, 5.41) is 3.17. The fraction of sp³-hybridized carbons (Fsp3) is 0.667. The fourth-order valence-electron chi connectivity index (χ4n) is 4.76. The van der Waals surface area contributed by atoms with E-state index in [1.165, 1.54) is 36.4 Å². The van der Waals surface area contributed by atoms with E-state index in [0.717, 1.165) is 24.7 Å². The van der Waals surface area contributed by atoms with Crippen molar-refractivity contribution in [3.05, 3.63) is 29.8 Å². The molecule has 2 aliphatic rings. The number of nitrogens with zero attached hydrogens (tertiary/aromatic N) is 1. The lowest BCUT2D eigenvalue weighted by atomic mass is 9.69. The molecule has 1 N–H and O–H groups in total. The smallest absolute Gasteiger partial charge is 0.251 e. The first-order valence-electron chi connectivity index (χ1n) is 10.4. The molecule has 1 amide bonds. The van der Waals surface area contributed by atoms with Gasteiger partial charge in [0.1, 0.15) is 0 Å². The lowest BCUT2D eigenvalue weighted by Gasteiger charge is -2.39. The first-order chi connectivity index (χ1) is 13.0. The fourth-order valence-corrected chi connectivity index (χ4v) is 6.22. The highest BCUT2D eigenvalue weighted by Gasteiger charge is 2.32. The lowest BCUT2D eigenvalue weighted by Crippen LogP contribution is -2.41. The highest BCUT2D eigenvalue weighted by Crippen LogP contribution is 2.40. The van der Waals surface area contributed by atoms with Crippen LogP contribution in [0.2, 0.25) is 0 Å². The van der Waals surface area contributed by atoms with Crippen molar-refractivity contribution in [1.29, 1.82) is 0 Å². The molecular formula is C21H32N2O3S. The van der Waals surface area contributed by atoms with E-state index in [-0.39, 0.29) is 16.8 Å². The van der Waals surface area contributed by atoms with E-state index in [1.807, 2.05) is 13.8 Å². The Labute approximate surface area is 163 Å². The Morgan fingerprint density at radius 3 is 2.26 bits per heavy atom. The molecule has 0 spiro atoms. The molecule has 0 bridgehead atoms. The van der Waals surface area contributed by atoms with Gasteiger partial charge < -0.3 is 5.32 Å².